The maximum Gasteiger partial charge on any atom is 0.161 e. The van der Waals surface area contributed by atoms with Crippen LogP contribution in [0.15, 0.2) is 42.5 Å². The van der Waals surface area contributed by atoms with Crippen LogP contribution in [0, 0.1) is 0 Å². The molecular weight excluding hydrogens is 332 g/mol. The minimum atomic E-state index is -0.550. The lowest BCUT2D eigenvalue weighted by atomic mass is 10.1. The van der Waals surface area contributed by atoms with Gasteiger partial charge in [-0.25, -0.2) is 0 Å². The highest BCUT2D eigenvalue weighted by molar-refractivity contribution is 5.49. The lowest BCUT2D eigenvalue weighted by Gasteiger charge is -2.37. The van der Waals surface area contributed by atoms with Crippen LogP contribution in [-0.2, 0) is 0 Å². The van der Waals surface area contributed by atoms with E-state index in [4.69, 9.17) is 9.47 Å². The monoisotopic (exact) mass is 356 g/mol. The second-order valence-corrected chi connectivity index (χ2v) is 6.72. The molecule has 0 amide bonds. The van der Waals surface area contributed by atoms with Crippen molar-refractivity contribution in [2.75, 3.05) is 50.8 Å². The van der Waals surface area contributed by atoms with Crippen LogP contribution in [0.1, 0.15) is 11.7 Å². The smallest absolute Gasteiger partial charge is 0.161 e. The van der Waals surface area contributed by atoms with Crippen molar-refractivity contribution in [2.45, 2.75) is 6.10 Å². The molecule has 0 saturated carbocycles. The van der Waals surface area contributed by atoms with Crippen molar-refractivity contribution in [1.82, 2.24) is 4.90 Å². The fourth-order valence-electron chi connectivity index (χ4n) is 3.47. The Morgan fingerprint density at radius 1 is 0.885 bits per heavy atom. The molecule has 1 saturated heterocycles. The largest absolute Gasteiger partial charge is 0.508 e. The summed E-state index contributed by atoms with van der Waals surface area (Å²) in [5, 5.41) is 20.0. The molecule has 2 aliphatic rings. The molecule has 2 N–H and O–H groups in total. The van der Waals surface area contributed by atoms with E-state index in [1.807, 2.05) is 30.3 Å². The summed E-state index contributed by atoms with van der Waals surface area (Å²) >= 11 is 0. The summed E-state index contributed by atoms with van der Waals surface area (Å²) in [4.78, 5) is 4.57. The van der Waals surface area contributed by atoms with Crippen molar-refractivity contribution in [3.05, 3.63) is 48.0 Å². The fraction of sp³-hybridized carbons (Fsp3) is 0.400. The Bertz CT molecular complexity index is 742. The van der Waals surface area contributed by atoms with Gasteiger partial charge in [-0.2, -0.15) is 0 Å². The minimum Gasteiger partial charge on any atom is -0.508 e. The first-order valence-electron chi connectivity index (χ1n) is 9.03. The molecular formula is C20H24N2O4. The molecule has 6 nitrogen and oxygen atoms in total. The lowest BCUT2D eigenvalue weighted by Crippen LogP contribution is -2.47. The Hall–Kier alpha value is -2.44. The number of rotatable bonds is 4. The van der Waals surface area contributed by atoms with Gasteiger partial charge in [-0.15, -0.1) is 0 Å². The number of aromatic hydroxyl groups is 1. The summed E-state index contributed by atoms with van der Waals surface area (Å²) in [6.07, 6.45) is -0.550. The molecule has 1 atom stereocenters. The van der Waals surface area contributed by atoms with Gasteiger partial charge in [0.15, 0.2) is 11.5 Å². The zero-order valence-corrected chi connectivity index (χ0v) is 14.7. The van der Waals surface area contributed by atoms with Crippen LogP contribution >= 0.6 is 0 Å². The summed E-state index contributed by atoms with van der Waals surface area (Å²) in [6.45, 7) is 5.30. The number of anilines is 1. The number of phenols is 1. The van der Waals surface area contributed by atoms with Gasteiger partial charge in [-0.3, -0.25) is 4.90 Å². The number of phenolic OH excluding ortho intramolecular Hbond substituents is 1. The highest BCUT2D eigenvalue weighted by atomic mass is 16.6. The Kier molecular flexibility index (Phi) is 4.86. The van der Waals surface area contributed by atoms with Gasteiger partial charge in [0, 0.05) is 38.4 Å². The summed E-state index contributed by atoms with van der Waals surface area (Å²) in [5.41, 5.74) is 1.98. The van der Waals surface area contributed by atoms with Crippen molar-refractivity contribution in [1.29, 1.82) is 0 Å². The van der Waals surface area contributed by atoms with Gasteiger partial charge in [0.2, 0.25) is 0 Å². The summed E-state index contributed by atoms with van der Waals surface area (Å²) in [5.74, 6) is 1.74. The van der Waals surface area contributed by atoms with Crippen LogP contribution in [0.25, 0.3) is 0 Å². The molecule has 0 spiro atoms. The van der Waals surface area contributed by atoms with E-state index in [-0.39, 0.29) is 5.75 Å². The first-order valence-corrected chi connectivity index (χ1v) is 9.03. The van der Waals surface area contributed by atoms with Crippen molar-refractivity contribution in [3.8, 4) is 17.2 Å². The van der Waals surface area contributed by atoms with E-state index in [0.717, 1.165) is 43.2 Å². The normalized spacial score (nSPS) is 18.6. The molecule has 2 aromatic carbocycles. The van der Waals surface area contributed by atoms with E-state index in [2.05, 4.69) is 9.80 Å². The molecule has 1 unspecified atom stereocenters. The van der Waals surface area contributed by atoms with E-state index >= 15 is 0 Å². The maximum atomic E-state index is 10.6. The van der Waals surface area contributed by atoms with Crippen molar-refractivity contribution < 1.29 is 19.7 Å². The average molecular weight is 356 g/mol. The lowest BCUT2D eigenvalue weighted by molar-refractivity contribution is 0.108. The first-order chi connectivity index (χ1) is 12.7. The van der Waals surface area contributed by atoms with E-state index < -0.39 is 6.10 Å². The summed E-state index contributed by atoms with van der Waals surface area (Å²) in [6, 6.07) is 13.0. The Labute approximate surface area is 153 Å². The zero-order chi connectivity index (χ0) is 17.9. The topological polar surface area (TPSA) is 65.4 Å². The van der Waals surface area contributed by atoms with E-state index in [9.17, 15) is 10.2 Å². The predicted molar refractivity (Wildman–Crippen MR) is 99.2 cm³/mol. The molecule has 0 bridgehead atoms. The highest BCUT2D eigenvalue weighted by Crippen LogP contribution is 2.33. The van der Waals surface area contributed by atoms with Crippen molar-refractivity contribution >= 4 is 5.69 Å². The molecule has 1 fully saturated rings. The van der Waals surface area contributed by atoms with Crippen LogP contribution < -0.4 is 14.4 Å². The number of aliphatic hydroxyl groups is 1. The van der Waals surface area contributed by atoms with Crippen LogP contribution in [0.4, 0.5) is 5.69 Å². The van der Waals surface area contributed by atoms with Crippen LogP contribution in [0.2, 0.25) is 0 Å². The van der Waals surface area contributed by atoms with Gasteiger partial charge in [0.05, 0.1) is 6.10 Å². The molecule has 2 aliphatic heterocycles. The number of piperazine rings is 1. The summed E-state index contributed by atoms with van der Waals surface area (Å²) in [7, 11) is 0. The highest BCUT2D eigenvalue weighted by Gasteiger charge is 2.21. The number of β-amino-alcohol motifs (C(OH)–C–C–N with tert-alkyl or cyclic N) is 1. The molecule has 6 heteroatoms. The number of aliphatic hydroxyl groups excluding tert-OH is 1. The van der Waals surface area contributed by atoms with Gasteiger partial charge >= 0.3 is 0 Å². The van der Waals surface area contributed by atoms with Crippen LogP contribution in [0.3, 0.4) is 0 Å². The second kappa shape index (κ2) is 7.43. The number of hydrogen-bond donors (Lipinski definition) is 2. The van der Waals surface area contributed by atoms with Gasteiger partial charge in [0.1, 0.15) is 19.0 Å². The SMILES string of the molecule is Oc1ccc(N2CCN(CC(O)c3ccc4c(c3)OCCO4)CC2)cc1. The minimum absolute atomic E-state index is 0.287. The van der Waals surface area contributed by atoms with E-state index in [1.54, 1.807) is 12.1 Å². The van der Waals surface area contributed by atoms with Crippen molar-refractivity contribution in [2.24, 2.45) is 0 Å². The molecule has 0 aromatic heterocycles. The molecule has 2 heterocycles. The van der Waals surface area contributed by atoms with Crippen LogP contribution in [0.5, 0.6) is 17.2 Å². The average Bonchev–Trinajstić information content (AvgIpc) is 2.69. The van der Waals surface area contributed by atoms with Crippen LogP contribution in [-0.4, -0.2) is 61.1 Å². The molecule has 0 radical (unpaired) electrons. The van der Waals surface area contributed by atoms with E-state index in [1.165, 1.54) is 0 Å². The Morgan fingerprint density at radius 3 is 2.31 bits per heavy atom. The number of hydrogen-bond acceptors (Lipinski definition) is 6. The van der Waals surface area contributed by atoms with Gasteiger partial charge < -0.3 is 24.6 Å². The van der Waals surface area contributed by atoms with Gasteiger partial charge in [-0.1, -0.05) is 6.07 Å². The Balaban J connectivity index is 1.33. The quantitative estimate of drug-likeness (QED) is 0.874. The fourth-order valence-corrected chi connectivity index (χ4v) is 3.47. The number of fused-ring (bicyclic) bond motifs is 1. The van der Waals surface area contributed by atoms with Gasteiger partial charge in [0.25, 0.3) is 0 Å². The predicted octanol–water partition coefficient (Wildman–Crippen LogP) is 2.02. The Morgan fingerprint density at radius 2 is 1.58 bits per heavy atom. The standard InChI is InChI=1S/C20H24N2O4/c23-17-4-2-16(3-5-17)22-9-7-21(8-10-22)14-18(24)15-1-6-19-20(13-15)26-12-11-25-19/h1-6,13,18,23-24H,7-12,14H2. The molecule has 138 valence electrons. The third-order valence-electron chi connectivity index (χ3n) is 4.97. The zero-order valence-electron chi connectivity index (χ0n) is 14.7. The first kappa shape index (κ1) is 17.0. The van der Waals surface area contributed by atoms with E-state index in [0.29, 0.717) is 25.5 Å². The number of ether oxygens (including phenoxy) is 2. The van der Waals surface area contributed by atoms with Gasteiger partial charge in [-0.05, 0) is 42.0 Å². The second-order valence-electron chi connectivity index (χ2n) is 6.72. The number of nitrogens with zero attached hydrogens (tertiary/aromatic N) is 2. The van der Waals surface area contributed by atoms with Crippen molar-refractivity contribution in [3.63, 3.8) is 0 Å². The third kappa shape index (κ3) is 3.71. The molecule has 4 rings (SSSR count). The third-order valence-corrected chi connectivity index (χ3v) is 4.97. The number of benzene rings is 2. The maximum absolute atomic E-state index is 10.6. The molecule has 2 aromatic rings. The molecule has 26 heavy (non-hydrogen) atoms. The summed E-state index contributed by atoms with van der Waals surface area (Å²) < 4.78 is 11.1. The molecule has 0 aliphatic carbocycles.